The van der Waals surface area contributed by atoms with Crippen molar-refractivity contribution in [3.8, 4) is 0 Å². The summed E-state index contributed by atoms with van der Waals surface area (Å²) in [6.07, 6.45) is 0.184. The number of ether oxygens (including phenoxy) is 1. The lowest BCUT2D eigenvalue weighted by Gasteiger charge is -2.23. The number of likely N-dealkylation sites (N-methyl/N-ethyl adjacent to an activating group) is 1. The van der Waals surface area contributed by atoms with E-state index < -0.39 is 0 Å². The monoisotopic (exact) mass is 338 g/mol. The number of hydrogen-bond acceptors (Lipinski definition) is 6. The van der Waals surface area contributed by atoms with Gasteiger partial charge in [-0.25, -0.2) is 4.98 Å². The Hall–Kier alpha value is -1.02. The summed E-state index contributed by atoms with van der Waals surface area (Å²) in [5.74, 6) is 0.608. The summed E-state index contributed by atoms with van der Waals surface area (Å²) in [4.78, 5) is 23.1. The Bertz CT molecular complexity index is 548. The number of carbonyl (C=O) groups is 1. The van der Waals surface area contributed by atoms with E-state index in [0.717, 1.165) is 50.0 Å². The van der Waals surface area contributed by atoms with Crippen molar-refractivity contribution >= 4 is 17.2 Å². The van der Waals surface area contributed by atoms with Crippen LogP contribution >= 0.6 is 11.3 Å². The molecule has 0 saturated carbocycles. The average molecular weight is 338 g/mol. The maximum Gasteiger partial charge on any atom is 0.236 e. The molecule has 0 N–H and O–H groups in total. The number of amides is 1. The number of carbonyl (C=O) groups excluding carboxylic acids is 1. The zero-order valence-electron chi connectivity index (χ0n) is 14.2. The standard InChI is InChI=1S/C16H26N4O2S/c1-12-17-14(11-23-12)8-19-4-5-22-15-9-20(7-13(15)6-19)16(21)10-18(2)3/h11,13,15H,4-10H2,1-3H3/t13-,15+/m0/s1. The Morgan fingerprint density at radius 2 is 2.26 bits per heavy atom. The number of aromatic nitrogens is 1. The highest BCUT2D eigenvalue weighted by atomic mass is 32.1. The van der Waals surface area contributed by atoms with Crippen molar-refractivity contribution in [3.63, 3.8) is 0 Å². The Balaban J connectivity index is 1.58. The van der Waals surface area contributed by atoms with Crippen molar-refractivity contribution in [1.82, 2.24) is 19.7 Å². The molecule has 1 amide bonds. The minimum atomic E-state index is 0.184. The largest absolute Gasteiger partial charge is 0.375 e. The number of hydrogen-bond donors (Lipinski definition) is 0. The highest BCUT2D eigenvalue weighted by molar-refractivity contribution is 7.09. The molecule has 3 rings (SSSR count). The normalized spacial score (nSPS) is 25.7. The van der Waals surface area contributed by atoms with Crippen molar-refractivity contribution in [3.05, 3.63) is 16.1 Å². The first kappa shape index (κ1) is 16.8. The molecule has 1 aromatic rings. The lowest BCUT2D eigenvalue weighted by Crippen LogP contribution is -2.38. The molecule has 2 aliphatic rings. The predicted octanol–water partition coefficient (Wildman–Crippen LogP) is 0.672. The lowest BCUT2D eigenvalue weighted by atomic mass is 10.1. The van der Waals surface area contributed by atoms with E-state index in [1.165, 1.54) is 0 Å². The molecule has 0 radical (unpaired) electrons. The van der Waals surface area contributed by atoms with E-state index in [9.17, 15) is 4.79 Å². The summed E-state index contributed by atoms with van der Waals surface area (Å²) < 4.78 is 6.02. The van der Waals surface area contributed by atoms with Crippen LogP contribution in [-0.2, 0) is 16.1 Å². The fourth-order valence-corrected chi connectivity index (χ4v) is 3.99. The van der Waals surface area contributed by atoms with E-state index in [4.69, 9.17) is 4.74 Å². The molecule has 23 heavy (non-hydrogen) atoms. The SMILES string of the molecule is Cc1nc(CN2CCO[C@@H]3CN(C(=O)CN(C)C)C[C@@H]3C2)cs1. The molecule has 0 aliphatic carbocycles. The van der Waals surface area contributed by atoms with Crippen LogP contribution in [0.2, 0.25) is 0 Å². The van der Waals surface area contributed by atoms with Gasteiger partial charge in [-0.1, -0.05) is 0 Å². The molecule has 3 heterocycles. The van der Waals surface area contributed by atoms with Gasteiger partial charge in [-0.2, -0.15) is 0 Å². The zero-order chi connectivity index (χ0) is 16.4. The average Bonchev–Trinajstić information content (AvgIpc) is 3.01. The van der Waals surface area contributed by atoms with Gasteiger partial charge in [0.05, 0.1) is 30.0 Å². The summed E-state index contributed by atoms with van der Waals surface area (Å²) >= 11 is 1.70. The van der Waals surface area contributed by atoms with Gasteiger partial charge in [-0.05, 0) is 21.0 Å². The first-order valence-corrected chi connectivity index (χ1v) is 9.06. The van der Waals surface area contributed by atoms with Crippen molar-refractivity contribution in [2.45, 2.75) is 19.6 Å². The van der Waals surface area contributed by atoms with Crippen LogP contribution in [0.5, 0.6) is 0 Å². The van der Waals surface area contributed by atoms with Gasteiger partial charge in [0.15, 0.2) is 0 Å². The highest BCUT2D eigenvalue weighted by Gasteiger charge is 2.38. The summed E-state index contributed by atoms with van der Waals surface area (Å²) in [6, 6.07) is 0. The second-order valence-corrected chi connectivity index (χ2v) is 7.86. The van der Waals surface area contributed by atoms with E-state index in [-0.39, 0.29) is 12.0 Å². The van der Waals surface area contributed by atoms with E-state index in [1.54, 1.807) is 11.3 Å². The minimum Gasteiger partial charge on any atom is -0.375 e. The number of thiazole rings is 1. The molecular formula is C16H26N4O2S. The quantitative estimate of drug-likeness (QED) is 0.808. The Morgan fingerprint density at radius 1 is 1.43 bits per heavy atom. The third kappa shape index (κ3) is 4.29. The number of nitrogens with zero attached hydrogens (tertiary/aromatic N) is 4. The first-order valence-electron chi connectivity index (χ1n) is 8.18. The van der Waals surface area contributed by atoms with E-state index >= 15 is 0 Å². The van der Waals surface area contributed by atoms with Crippen LogP contribution < -0.4 is 0 Å². The molecule has 0 aromatic carbocycles. The molecule has 0 unspecified atom stereocenters. The number of rotatable bonds is 4. The smallest absolute Gasteiger partial charge is 0.236 e. The van der Waals surface area contributed by atoms with Crippen LogP contribution in [0.25, 0.3) is 0 Å². The van der Waals surface area contributed by atoms with Crippen molar-refractivity contribution in [2.75, 3.05) is 53.4 Å². The fraction of sp³-hybridized carbons (Fsp3) is 0.750. The molecule has 128 valence electrons. The summed E-state index contributed by atoms with van der Waals surface area (Å²) in [5.41, 5.74) is 1.14. The maximum atomic E-state index is 12.3. The van der Waals surface area contributed by atoms with Gasteiger partial charge in [-0.15, -0.1) is 11.3 Å². The molecule has 6 nitrogen and oxygen atoms in total. The minimum absolute atomic E-state index is 0.184. The van der Waals surface area contributed by atoms with Gasteiger partial charge in [0.1, 0.15) is 0 Å². The van der Waals surface area contributed by atoms with Gasteiger partial charge in [-0.3, -0.25) is 9.69 Å². The van der Waals surface area contributed by atoms with Crippen LogP contribution in [0.3, 0.4) is 0 Å². The molecular weight excluding hydrogens is 312 g/mol. The zero-order valence-corrected chi connectivity index (χ0v) is 15.0. The van der Waals surface area contributed by atoms with Crippen LogP contribution in [-0.4, -0.2) is 85.1 Å². The second-order valence-electron chi connectivity index (χ2n) is 6.80. The molecule has 0 bridgehead atoms. The van der Waals surface area contributed by atoms with Crippen LogP contribution in [0, 0.1) is 12.8 Å². The summed E-state index contributed by atoms with van der Waals surface area (Å²) in [7, 11) is 3.86. The Morgan fingerprint density at radius 3 is 2.96 bits per heavy atom. The maximum absolute atomic E-state index is 12.3. The van der Waals surface area contributed by atoms with Gasteiger partial charge in [0.25, 0.3) is 0 Å². The highest BCUT2D eigenvalue weighted by Crippen LogP contribution is 2.24. The number of aryl methyl sites for hydroxylation is 1. The molecule has 7 heteroatoms. The van der Waals surface area contributed by atoms with Crippen LogP contribution in [0.4, 0.5) is 0 Å². The summed E-state index contributed by atoms with van der Waals surface area (Å²) in [5, 5.41) is 3.26. The third-order valence-electron chi connectivity index (χ3n) is 4.47. The van der Waals surface area contributed by atoms with Crippen molar-refractivity contribution in [2.24, 2.45) is 5.92 Å². The topological polar surface area (TPSA) is 48.9 Å². The molecule has 2 aliphatic heterocycles. The van der Waals surface area contributed by atoms with Crippen molar-refractivity contribution in [1.29, 1.82) is 0 Å². The number of likely N-dealkylation sites (tertiary alicyclic amines) is 1. The summed E-state index contributed by atoms with van der Waals surface area (Å²) in [6.45, 7) is 7.60. The third-order valence-corrected chi connectivity index (χ3v) is 5.29. The predicted molar refractivity (Wildman–Crippen MR) is 90.5 cm³/mol. The fourth-order valence-electron chi connectivity index (χ4n) is 3.39. The van der Waals surface area contributed by atoms with Crippen LogP contribution in [0.15, 0.2) is 5.38 Å². The van der Waals surface area contributed by atoms with Crippen LogP contribution in [0.1, 0.15) is 10.7 Å². The Labute approximate surface area is 142 Å². The molecule has 2 saturated heterocycles. The van der Waals surface area contributed by atoms with Gasteiger partial charge in [0, 0.05) is 44.0 Å². The van der Waals surface area contributed by atoms with Gasteiger partial charge >= 0.3 is 0 Å². The van der Waals surface area contributed by atoms with Crippen molar-refractivity contribution < 1.29 is 9.53 Å². The van der Waals surface area contributed by atoms with Gasteiger partial charge in [0.2, 0.25) is 5.91 Å². The van der Waals surface area contributed by atoms with E-state index in [2.05, 4.69) is 15.3 Å². The Kier molecular flexibility index (Phi) is 5.31. The molecule has 2 atom stereocenters. The molecule has 0 spiro atoms. The first-order chi connectivity index (χ1) is 11.0. The van der Waals surface area contributed by atoms with E-state index in [0.29, 0.717) is 12.5 Å². The van der Waals surface area contributed by atoms with Gasteiger partial charge < -0.3 is 14.5 Å². The molecule has 2 fully saturated rings. The van der Waals surface area contributed by atoms with E-state index in [1.807, 2.05) is 30.8 Å². The lowest BCUT2D eigenvalue weighted by molar-refractivity contribution is -0.131. The second kappa shape index (κ2) is 7.25. The molecule has 1 aromatic heterocycles. The number of fused-ring (bicyclic) bond motifs is 1.